The number of esters is 1. The van der Waals surface area contributed by atoms with E-state index in [-0.39, 0.29) is 18.9 Å². The summed E-state index contributed by atoms with van der Waals surface area (Å²) in [6.45, 7) is 2.06. The Kier molecular flexibility index (Phi) is 4.91. The lowest BCUT2D eigenvalue weighted by Gasteiger charge is -2.31. The van der Waals surface area contributed by atoms with Gasteiger partial charge in [0.1, 0.15) is 12.2 Å². The molecule has 1 fully saturated rings. The van der Waals surface area contributed by atoms with E-state index in [4.69, 9.17) is 21.1 Å². The third-order valence-corrected chi connectivity index (χ3v) is 5.32. The highest BCUT2D eigenvalue weighted by Gasteiger charge is 2.39. The van der Waals surface area contributed by atoms with Crippen molar-refractivity contribution in [2.24, 2.45) is 5.92 Å². The number of rotatable bonds is 5. The maximum Gasteiger partial charge on any atom is 0.314 e. The summed E-state index contributed by atoms with van der Waals surface area (Å²) in [6.07, 6.45) is 1.42. The molecule has 0 N–H and O–H groups in total. The number of fused-ring (bicyclic) bond motifs is 1. The molecule has 0 saturated heterocycles. The van der Waals surface area contributed by atoms with Gasteiger partial charge in [0.2, 0.25) is 0 Å². The molecule has 146 valence electrons. The molecular formula is C19H17ClN2O6. The maximum atomic E-state index is 12.4. The van der Waals surface area contributed by atoms with Gasteiger partial charge in [-0.05, 0) is 37.5 Å². The number of hydrogen-bond acceptors (Lipinski definition) is 7. The largest absolute Gasteiger partial charge is 0.424 e. The van der Waals surface area contributed by atoms with Gasteiger partial charge in [0.25, 0.3) is 5.09 Å². The molecule has 0 bridgehead atoms. The summed E-state index contributed by atoms with van der Waals surface area (Å²) in [4.78, 5) is 31.6. The molecule has 2 aliphatic rings. The van der Waals surface area contributed by atoms with Crippen molar-refractivity contribution >= 4 is 17.6 Å². The topological polar surface area (TPSA) is 101 Å². The molecule has 2 heterocycles. The van der Waals surface area contributed by atoms with Gasteiger partial charge in [-0.3, -0.25) is 9.78 Å². The number of aromatic nitrogens is 1. The van der Waals surface area contributed by atoms with Crippen LogP contribution in [0.25, 0.3) is 0 Å². The van der Waals surface area contributed by atoms with E-state index in [9.17, 15) is 14.9 Å². The minimum atomic E-state index is -0.835. The Morgan fingerprint density at radius 2 is 2.04 bits per heavy atom. The fourth-order valence-electron chi connectivity index (χ4n) is 3.48. The molecule has 0 spiro atoms. The molecule has 1 atom stereocenters. The number of halogens is 1. The monoisotopic (exact) mass is 404 g/mol. The Hall–Kier alpha value is -2.71. The van der Waals surface area contributed by atoms with E-state index in [0.717, 1.165) is 16.7 Å². The molecule has 8 nitrogen and oxygen atoms in total. The fraction of sp³-hybridized carbons (Fsp3) is 0.368. The van der Waals surface area contributed by atoms with E-state index < -0.39 is 23.1 Å². The molecule has 9 heteroatoms. The molecule has 1 aromatic heterocycles. The van der Waals surface area contributed by atoms with Gasteiger partial charge >= 0.3 is 5.97 Å². The highest BCUT2D eigenvalue weighted by atomic mass is 35.5. The average Bonchev–Trinajstić information content (AvgIpc) is 3.05. The van der Waals surface area contributed by atoms with Crippen molar-refractivity contribution in [2.75, 3.05) is 0 Å². The van der Waals surface area contributed by atoms with Crippen LogP contribution in [0.5, 0.6) is 5.75 Å². The number of hydrogen-bond donors (Lipinski definition) is 0. The Balaban J connectivity index is 1.51. The number of carbonyl (C=O) groups excluding carboxylic acids is 1. The van der Waals surface area contributed by atoms with Crippen LogP contribution in [0, 0.1) is 23.0 Å². The first kappa shape index (κ1) is 18.6. The number of nitrogens with zero attached hydrogens (tertiary/aromatic N) is 2. The number of carbonyl (C=O) groups is 1. The second-order valence-electron chi connectivity index (χ2n) is 6.89. The molecule has 0 radical (unpaired) electrons. The maximum absolute atomic E-state index is 12.4. The summed E-state index contributed by atoms with van der Waals surface area (Å²) in [6, 6.07) is 7.36. The van der Waals surface area contributed by atoms with Gasteiger partial charge in [-0.1, -0.05) is 23.7 Å². The second-order valence-corrected chi connectivity index (χ2v) is 7.33. The van der Waals surface area contributed by atoms with Crippen LogP contribution in [0.2, 0.25) is 5.02 Å². The Labute approximate surface area is 165 Å². The summed E-state index contributed by atoms with van der Waals surface area (Å²) in [5.74, 6) is -0.455. The first-order chi connectivity index (χ1) is 13.4. The van der Waals surface area contributed by atoms with Crippen molar-refractivity contribution in [3.05, 3.63) is 68.0 Å². The van der Waals surface area contributed by atoms with Gasteiger partial charge in [-0.2, -0.15) is 0 Å². The van der Waals surface area contributed by atoms with Gasteiger partial charge in [-0.15, -0.1) is 10.1 Å². The predicted octanol–water partition coefficient (Wildman–Crippen LogP) is 3.56. The molecule has 1 aromatic carbocycles. The third kappa shape index (κ3) is 3.53. The normalized spacial score (nSPS) is 22.9. The number of benzene rings is 1. The highest BCUT2D eigenvalue weighted by Crippen LogP contribution is 2.42. The van der Waals surface area contributed by atoms with Crippen molar-refractivity contribution in [3.63, 3.8) is 0 Å². The summed E-state index contributed by atoms with van der Waals surface area (Å²) in [5.41, 5.74) is 3.16. The zero-order chi connectivity index (χ0) is 19.8. The average molecular weight is 405 g/mol. The Morgan fingerprint density at radius 1 is 1.32 bits per heavy atom. The third-order valence-electron chi connectivity index (χ3n) is 5.06. The number of pyridine rings is 1. The number of aryl methyl sites for hydroxylation is 1. The van der Waals surface area contributed by atoms with Gasteiger partial charge in [0, 0.05) is 22.3 Å². The van der Waals surface area contributed by atoms with E-state index in [1.165, 1.54) is 0 Å². The molecule has 28 heavy (non-hydrogen) atoms. The van der Waals surface area contributed by atoms with E-state index >= 15 is 0 Å². The van der Waals surface area contributed by atoms with E-state index in [1.54, 1.807) is 25.3 Å². The van der Waals surface area contributed by atoms with Gasteiger partial charge in [0.15, 0.2) is 5.75 Å². The van der Waals surface area contributed by atoms with Crippen LogP contribution >= 0.6 is 11.6 Å². The molecular weight excluding hydrogens is 388 g/mol. The Morgan fingerprint density at radius 3 is 2.71 bits per heavy atom. The van der Waals surface area contributed by atoms with Gasteiger partial charge in [-0.25, -0.2) is 0 Å². The molecule has 2 aromatic rings. The highest BCUT2D eigenvalue weighted by molar-refractivity contribution is 6.30. The predicted molar refractivity (Wildman–Crippen MR) is 97.3 cm³/mol. The van der Waals surface area contributed by atoms with Crippen molar-refractivity contribution < 1.29 is 24.2 Å². The zero-order valence-corrected chi connectivity index (χ0v) is 15.7. The molecule has 4 rings (SSSR count). The smallest absolute Gasteiger partial charge is 0.314 e. The summed E-state index contributed by atoms with van der Waals surface area (Å²) in [5, 5.41) is 10.1. The van der Waals surface area contributed by atoms with Crippen LogP contribution in [-0.4, -0.2) is 22.1 Å². The van der Waals surface area contributed by atoms with Crippen LogP contribution in [0.15, 0.2) is 30.5 Å². The zero-order valence-electron chi connectivity index (χ0n) is 15.0. The summed E-state index contributed by atoms with van der Waals surface area (Å²) in [7, 11) is 0. The van der Waals surface area contributed by atoms with Crippen molar-refractivity contribution in [1.82, 2.24) is 4.98 Å². The molecule has 0 amide bonds. The standard InChI is InChI=1S/C19H17ClN2O6/c1-10-17(27-19(23)12-6-14(7-12)28-22(24)25)16-9-26-18(15(16)8-21-10)11-2-4-13(20)5-3-11/h2-5,8,12,14,18H,6-7,9H2,1H3/t12-,14-,18?. The van der Waals surface area contributed by atoms with Crippen LogP contribution < -0.4 is 4.74 Å². The molecule has 1 unspecified atom stereocenters. The van der Waals surface area contributed by atoms with Crippen molar-refractivity contribution in [3.8, 4) is 5.75 Å². The lowest BCUT2D eigenvalue weighted by atomic mass is 9.82. The number of ether oxygens (including phenoxy) is 2. The van der Waals surface area contributed by atoms with E-state index in [1.807, 2.05) is 12.1 Å². The summed E-state index contributed by atoms with van der Waals surface area (Å²) >= 11 is 5.95. The lowest BCUT2D eigenvalue weighted by molar-refractivity contribution is -0.772. The van der Waals surface area contributed by atoms with Crippen molar-refractivity contribution in [1.29, 1.82) is 0 Å². The van der Waals surface area contributed by atoms with E-state index in [0.29, 0.717) is 23.1 Å². The molecule has 1 aliphatic carbocycles. The van der Waals surface area contributed by atoms with Crippen LogP contribution in [0.3, 0.4) is 0 Å². The quantitative estimate of drug-likeness (QED) is 0.426. The van der Waals surface area contributed by atoms with Gasteiger partial charge in [0.05, 0.1) is 18.2 Å². The molecule has 1 aliphatic heterocycles. The fourth-order valence-corrected chi connectivity index (χ4v) is 3.61. The minimum absolute atomic E-state index is 0.269. The summed E-state index contributed by atoms with van der Waals surface area (Å²) < 4.78 is 11.5. The van der Waals surface area contributed by atoms with Gasteiger partial charge < -0.3 is 14.3 Å². The van der Waals surface area contributed by atoms with Crippen LogP contribution in [-0.2, 0) is 21.0 Å². The Bertz CT molecular complexity index is 927. The minimum Gasteiger partial charge on any atom is -0.424 e. The van der Waals surface area contributed by atoms with Crippen LogP contribution in [0.1, 0.15) is 41.3 Å². The van der Waals surface area contributed by atoms with Crippen molar-refractivity contribution in [2.45, 2.75) is 38.6 Å². The van der Waals surface area contributed by atoms with Crippen LogP contribution in [0.4, 0.5) is 0 Å². The SMILES string of the molecule is Cc1ncc2c(c1OC(=O)[C@H]1C[C@H](O[N+](=O)[O-])C1)COC2c1ccc(Cl)cc1. The lowest BCUT2D eigenvalue weighted by Crippen LogP contribution is -2.39. The molecule has 1 saturated carbocycles. The second kappa shape index (κ2) is 7.37. The van der Waals surface area contributed by atoms with E-state index in [2.05, 4.69) is 9.82 Å². The first-order valence-corrected chi connectivity index (χ1v) is 9.18. The first-order valence-electron chi connectivity index (χ1n) is 8.80.